The summed E-state index contributed by atoms with van der Waals surface area (Å²) >= 11 is 0. The SMILES string of the molecule is CCN(CC)c1ccc(S(=O)(=O)N2CCOCC2)cc1NC(=O)c1cnccn1. The minimum Gasteiger partial charge on any atom is -0.379 e. The third-order valence-corrected chi connectivity index (χ3v) is 6.62. The topological polar surface area (TPSA) is 105 Å². The average molecular weight is 420 g/mol. The highest BCUT2D eigenvalue weighted by atomic mass is 32.2. The van der Waals surface area contributed by atoms with Crippen molar-refractivity contribution in [3.8, 4) is 0 Å². The quantitative estimate of drug-likeness (QED) is 0.727. The zero-order valence-electron chi connectivity index (χ0n) is 16.5. The first kappa shape index (κ1) is 21.2. The van der Waals surface area contributed by atoms with Crippen molar-refractivity contribution in [3.05, 3.63) is 42.5 Å². The normalized spacial score (nSPS) is 15.1. The number of carbonyl (C=O) groups excluding carboxylic acids is 1. The second-order valence-corrected chi connectivity index (χ2v) is 8.35. The highest BCUT2D eigenvalue weighted by Crippen LogP contribution is 2.30. The molecule has 0 unspecified atom stereocenters. The molecule has 1 aliphatic heterocycles. The summed E-state index contributed by atoms with van der Waals surface area (Å²) in [7, 11) is -3.69. The van der Waals surface area contributed by atoms with Gasteiger partial charge in [-0.15, -0.1) is 0 Å². The summed E-state index contributed by atoms with van der Waals surface area (Å²) < 4.78 is 32.7. The van der Waals surface area contributed by atoms with E-state index in [1.165, 1.54) is 29.0 Å². The van der Waals surface area contributed by atoms with Gasteiger partial charge in [0.25, 0.3) is 5.91 Å². The fourth-order valence-electron chi connectivity index (χ4n) is 3.15. The highest BCUT2D eigenvalue weighted by molar-refractivity contribution is 7.89. The van der Waals surface area contributed by atoms with E-state index in [0.717, 1.165) is 5.69 Å². The Hall–Kier alpha value is -2.56. The number of hydrogen-bond acceptors (Lipinski definition) is 7. The summed E-state index contributed by atoms with van der Waals surface area (Å²) in [5.41, 5.74) is 1.31. The van der Waals surface area contributed by atoms with Crippen LogP contribution in [0, 0.1) is 0 Å². The van der Waals surface area contributed by atoms with E-state index in [0.29, 0.717) is 45.1 Å². The van der Waals surface area contributed by atoms with Crippen LogP contribution in [0.15, 0.2) is 41.7 Å². The third kappa shape index (κ3) is 4.72. The second-order valence-electron chi connectivity index (χ2n) is 6.41. The van der Waals surface area contributed by atoms with Crippen molar-refractivity contribution in [2.75, 3.05) is 49.6 Å². The molecule has 0 bridgehead atoms. The zero-order valence-corrected chi connectivity index (χ0v) is 17.4. The number of nitrogens with zero attached hydrogens (tertiary/aromatic N) is 4. The van der Waals surface area contributed by atoms with E-state index >= 15 is 0 Å². The fourth-order valence-corrected chi connectivity index (χ4v) is 4.59. The lowest BCUT2D eigenvalue weighted by molar-refractivity contribution is 0.0730. The van der Waals surface area contributed by atoms with Crippen molar-refractivity contribution in [2.45, 2.75) is 18.7 Å². The van der Waals surface area contributed by atoms with Crippen LogP contribution in [-0.4, -0.2) is 68.0 Å². The Kier molecular flexibility index (Phi) is 6.78. The maximum Gasteiger partial charge on any atom is 0.275 e. The largest absolute Gasteiger partial charge is 0.379 e. The number of anilines is 2. The van der Waals surface area contributed by atoms with Crippen molar-refractivity contribution >= 4 is 27.3 Å². The van der Waals surface area contributed by atoms with E-state index in [1.807, 2.05) is 18.7 Å². The van der Waals surface area contributed by atoms with Gasteiger partial charge in [-0.25, -0.2) is 13.4 Å². The molecule has 1 saturated heterocycles. The number of morpholine rings is 1. The first-order valence-electron chi connectivity index (χ1n) is 9.51. The summed E-state index contributed by atoms with van der Waals surface area (Å²) in [6.45, 7) is 6.76. The Morgan fingerprint density at radius 3 is 2.55 bits per heavy atom. The number of hydrogen-bond donors (Lipinski definition) is 1. The summed E-state index contributed by atoms with van der Waals surface area (Å²) in [5.74, 6) is -0.451. The minimum atomic E-state index is -3.69. The Morgan fingerprint density at radius 2 is 1.93 bits per heavy atom. The van der Waals surface area contributed by atoms with Gasteiger partial charge in [0, 0.05) is 38.6 Å². The van der Waals surface area contributed by atoms with Gasteiger partial charge in [0.15, 0.2) is 0 Å². The fraction of sp³-hybridized carbons (Fsp3) is 0.421. The molecular formula is C19H25N5O4S. The number of aromatic nitrogens is 2. The van der Waals surface area contributed by atoms with E-state index in [1.54, 1.807) is 12.1 Å². The predicted molar refractivity (Wildman–Crippen MR) is 110 cm³/mol. The van der Waals surface area contributed by atoms with Crippen LogP contribution in [0.2, 0.25) is 0 Å². The molecule has 1 aliphatic rings. The van der Waals surface area contributed by atoms with E-state index in [9.17, 15) is 13.2 Å². The number of carbonyl (C=O) groups is 1. The molecule has 1 aromatic heterocycles. The van der Waals surface area contributed by atoms with Crippen molar-refractivity contribution < 1.29 is 17.9 Å². The van der Waals surface area contributed by atoms with Crippen molar-refractivity contribution in [2.24, 2.45) is 0 Å². The predicted octanol–water partition coefficient (Wildman–Crippen LogP) is 1.60. The summed E-state index contributed by atoms with van der Waals surface area (Å²) in [6.07, 6.45) is 4.27. The molecule has 2 heterocycles. The molecule has 0 spiro atoms. The molecular weight excluding hydrogens is 394 g/mol. The van der Waals surface area contributed by atoms with Gasteiger partial charge in [0.1, 0.15) is 5.69 Å². The molecule has 0 saturated carbocycles. The first-order valence-corrected chi connectivity index (χ1v) is 11.0. The van der Waals surface area contributed by atoms with Crippen LogP contribution in [0.25, 0.3) is 0 Å². The smallest absolute Gasteiger partial charge is 0.275 e. The van der Waals surface area contributed by atoms with Crippen molar-refractivity contribution in [1.82, 2.24) is 14.3 Å². The molecule has 0 aliphatic carbocycles. The number of nitrogens with one attached hydrogen (secondary N) is 1. The highest BCUT2D eigenvalue weighted by Gasteiger charge is 2.27. The Labute approximate surface area is 170 Å². The lowest BCUT2D eigenvalue weighted by Crippen LogP contribution is -2.40. The van der Waals surface area contributed by atoms with Gasteiger partial charge in [-0.05, 0) is 32.0 Å². The van der Waals surface area contributed by atoms with Gasteiger partial charge in [-0.1, -0.05) is 0 Å². The first-order chi connectivity index (χ1) is 14.0. The number of rotatable bonds is 7. The van der Waals surface area contributed by atoms with Gasteiger partial charge in [0.05, 0.1) is 35.7 Å². The van der Waals surface area contributed by atoms with E-state index in [-0.39, 0.29) is 10.6 Å². The van der Waals surface area contributed by atoms with Crippen LogP contribution in [0.1, 0.15) is 24.3 Å². The van der Waals surface area contributed by atoms with Gasteiger partial charge < -0.3 is 15.0 Å². The Balaban J connectivity index is 1.98. The molecule has 1 N–H and O–H groups in total. The summed E-state index contributed by atoms with van der Waals surface area (Å²) in [6, 6.07) is 4.82. The molecule has 29 heavy (non-hydrogen) atoms. The van der Waals surface area contributed by atoms with Crippen LogP contribution in [0.4, 0.5) is 11.4 Å². The molecule has 156 valence electrons. The molecule has 1 amide bonds. The number of amides is 1. The molecule has 0 radical (unpaired) electrons. The third-order valence-electron chi connectivity index (χ3n) is 4.72. The minimum absolute atomic E-state index is 0.129. The molecule has 2 aromatic rings. The monoisotopic (exact) mass is 419 g/mol. The van der Waals surface area contributed by atoms with E-state index in [2.05, 4.69) is 15.3 Å². The van der Waals surface area contributed by atoms with Crippen LogP contribution in [-0.2, 0) is 14.8 Å². The number of ether oxygens (including phenoxy) is 1. The number of benzene rings is 1. The van der Waals surface area contributed by atoms with Gasteiger partial charge in [-0.3, -0.25) is 9.78 Å². The molecule has 3 rings (SSSR count). The van der Waals surface area contributed by atoms with Crippen LogP contribution >= 0.6 is 0 Å². The molecule has 1 aromatic carbocycles. The molecule has 1 fully saturated rings. The molecule has 9 nitrogen and oxygen atoms in total. The zero-order chi connectivity index (χ0) is 20.9. The van der Waals surface area contributed by atoms with Gasteiger partial charge in [-0.2, -0.15) is 4.31 Å². The molecule has 0 atom stereocenters. The number of sulfonamides is 1. The van der Waals surface area contributed by atoms with Crippen LogP contribution in [0.5, 0.6) is 0 Å². The maximum absolute atomic E-state index is 13.0. The van der Waals surface area contributed by atoms with Gasteiger partial charge >= 0.3 is 0 Å². The Morgan fingerprint density at radius 1 is 1.21 bits per heavy atom. The second kappa shape index (κ2) is 9.29. The van der Waals surface area contributed by atoms with E-state index < -0.39 is 15.9 Å². The lowest BCUT2D eigenvalue weighted by atomic mass is 10.2. The maximum atomic E-state index is 13.0. The summed E-state index contributed by atoms with van der Waals surface area (Å²) in [5, 5.41) is 2.80. The van der Waals surface area contributed by atoms with E-state index in [4.69, 9.17) is 4.74 Å². The standard InChI is InChI=1S/C19H25N5O4S/c1-3-23(4-2)18-6-5-15(29(26,27)24-9-11-28-12-10-24)13-16(18)22-19(25)17-14-20-7-8-21-17/h5-8,13-14H,3-4,9-12H2,1-2H3,(H,22,25). The van der Waals surface area contributed by atoms with Crippen LogP contribution in [0.3, 0.4) is 0 Å². The Bertz CT molecular complexity index is 942. The molecule has 10 heteroatoms. The van der Waals surface area contributed by atoms with Crippen molar-refractivity contribution in [3.63, 3.8) is 0 Å². The van der Waals surface area contributed by atoms with Crippen LogP contribution < -0.4 is 10.2 Å². The van der Waals surface area contributed by atoms with Gasteiger partial charge in [0.2, 0.25) is 10.0 Å². The average Bonchev–Trinajstić information content (AvgIpc) is 2.76. The lowest BCUT2D eigenvalue weighted by Gasteiger charge is -2.28. The summed E-state index contributed by atoms with van der Waals surface area (Å²) in [4.78, 5) is 22.7. The van der Waals surface area contributed by atoms with Crippen molar-refractivity contribution in [1.29, 1.82) is 0 Å².